The van der Waals surface area contributed by atoms with Crippen LogP contribution in [-0.2, 0) is 0 Å². The van der Waals surface area contributed by atoms with Gasteiger partial charge in [-0.3, -0.25) is 0 Å². The average Bonchev–Trinajstić information content (AvgIpc) is 2.05. The number of hydrogen-bond acceptors (Lipinski definition) is 2. The Labute approximate surface area is 67.0 Å². The summed E-state index contributed by atoms with van der Waals surface area (Å²) in [7, 11) is 0. The molecule has 0 aromatic rings. The van der Waals surface area contributed by atoms with Crippen molar-refractivity contribution in [3.05, 3.63) is 0 Å². The fourth-order valence-electron chi connectivity index (χ4n) is 1.98. The Bertz CT molecular complexity index is 89.8. The first-order chi connectivity index (χ1) is 4.97. The van der Waals surface area contributed by atoms with Crippen molar-refractivity contribution in [3.63, 3.8) is 0 Å². The van der Waals surface area contributed by atoms with Gasteiger partial charge in [0.1, 0.15) is 0 Å². The fraction of sp³-hybridized carbons (Fsp3) is 1.00. The highest BCUT2D eigenvalue weighted by Gasteiger charge is 2.27. The molecule has 1 saturated heterocycles. The molecular weight excluding hydrogens is 142 g/mol. The lowest BCUT2D eigenvalue weighted by Crippen LogP contribution is -2.45. The van der Waals surface area contributed by atoms with E-state index in [1.807, 2.05) is 0 Å². The summed E-state index contributed by atoms with van der Waals surface area (Å²) >= 11 is 2.18. The monoisotopic (exact) mass is 157 g/mol. The molecule has 0 amide bonds. The molecule has 0 radical (unpaired) electrons. The molecule has 2 aliphatic rings. The molecular formula is C8H15NS. The van der Waals surface area contributed by atoms with E-state index in [1.54, 1.807) is 0 Å². The molecule has 0 aromatic heterocycles. The molecule has 2 heteroatoms. The Morgan fingerprint density at radius 2 is 2.10 bits per heavy atom. The molecule has 0 spiro atoms. The minimum absolute atomic E-state index is 0.868. The molecule has 1 nitrogen and oxygen atoms in total. The van der Waals surface area contributed by atoms with E-state index in [1.165, 1.54) is 38.0 Å². The summed E-state index contributed by atoms with van der Waals surface area (Å²) in [5, 5.41) is 4.56. The minimum atomic E-state index is 0.868. The van der Waals surface area contributed by atoms with E-state index in [-0.39, 0.29) is 0 Å². The quantitative estimate of drug-likeness (QED) is 0.573. The molecule has 1 N–H and O–H groups in total. The topological polar surface area (TPSA) is 12.0 Å². The summed E-state index contributed by atoms with van der Waals surface area (Å²) in [6.07, 6.45) is 5.81. The molecule has 10 heavy (non-hydrogen) atoms. The van der Waals surface area contributed by atoms with E-state index in [0.717, 1.165) is 11.3 Å². The highest BCUT2D eigenvalue weighted by atomic mass is 32.2. The second kappa shape index (κ2) is 3.14. The molecule has 2 atom stereocenters. The van der Waals surface area contributed by atoms with Crippen molar-refractivity contribution in [2.45, 2.75) is 37.0 Å². The van der Waals surface area contributed by atoms with Crippen molar-refractivity contribution >= 4 is 11.8 Å². The molecule has 0 unspecified atom stereocenters. The van der Waals surface area contributed by atoms with Gasteiger partial charge in [0.05, 0.1) is 0 Å². The van der Waals surface area contributed by atoms with Gasteiger partial charge in [-0.15, -0.1) is 0 Å². The lowest BCUT2D eigenvalue weighted by molar-refractivity contribution is 0.383. The van der Waals surface area contributed by atoms with Gasteiger partial charge < -0.3 is 5.32 Å². The van der Waals surface area contributed by atoms with Crippen molar-refractivity contribution < 1.29 is 0 Å². The number of fused-ring (bicyclic) bond motifs is 1. The number of hydrogen-bond donors (Lipinski definition) is 1. The molecule has 1 aliphatic heterocycles. The first kappa shape index (κ1) is 6.99. The fourth-order valence-corrected chi connectivity index (χ4v) is 3.32. The van der Waals surface area contributed by atoms with Gasteiger partial charge in [0.15, 0.2) is 0 Å². The standard InChI is InChI=1S/C8H15NS/c1-2-4-8-7(3-1)9-5-6-10-8/h7-9H,1-6H2/t7-,8-/m0/s1. The van der Waals surface area contributed by atoms with Gasteiger partial charge in [0, 0.05) is 23.6 Å². The predicted octanol–water partition coefficient (Wildman–Crippen LogP) is 1.63. The first-order valence-corrected chi connectivity index (χ1v) is 5.37. The zero-order valence-corrected chi connectivity index (χ0v) is 7.12. The van der Waals surface area contributed by atoms with Crippen LogP contribution in [0, 0.1) is 0 Å². The van der Waals surface area contributed by atoms with Crippen molar-refractivity contribution in [3.8, 4) is 0 Å². The highest BCUT2D eigenvalue weighted by Crippen LogP contribution is 2.30. The van der Waals surface area contributed by atoms with Crippen LogP contribution in [0.2, 0.25) is 0 Å². The zero-order valence-electron chi connectivity index (χ0n) is 6.31. The SMILES string of the molecule is C1CC[C@@H]2SCCN[C@H]2C1. The molecule has 1 aliphatic carbocycles. The van der Waals surface area contributed by atoms with Crippen LogP contribution in [0.3, 0.4) is 0 Å². The second-order valence-electron chi connectivity index (χ2n) is 3.25. The Hall–Kier alpha value is 0.310. The summed E-state index contributed by atoms with van der Waals surface area (Å²) in [5.74, 6) is 1.33. The van der Waals surface area contributed by atoms with Gasteiger partial charge in [-0.2, -0.15) is 11.8 Å². The largest absolute Gasteiger partial charge is 0.312 e. The molecule has 0 bridgehead atoms. The normalized spacial score (nSPS) is 40.8. The average molecular weight is 157 g/mol. The van der Waals surface area contributed by atoms with E-state index in [0.29, 0.717) is 0 Å². The smallest absolute Gasteiger partial charge is 0.0201 e. The second-order valence-corrected chi connectivity index (χ2v) is 4.60. The molecule has 2 rings (SSSR count). The van der Waals surface area contributed by atoms with E-state index >= 15 is 0 Å². The Morgan fingerprint density at radius 3 is 3.00 bits per heavy atom. The van der Waals surface area contributed by atoms with Crippen LogP contribution < -0.4 is 5.32 Å². The maximum Gasteiger partial charge on any atom is 0.0201 e. The minimum Gasteiger partial charge on any atom is -0.312 e. The van der Waals surface area contributed by atoms with Gasteiger partial charge in [-0.1, -0.05) is 12.8 Å². The van der Waals surface area contributed by atoms with Crippen LogP contribution in [0.5, 0.6) is 0 Å². The zero-order chi connectivity index (χ0) is 6.81. The Kier molecular flexibility index (Phi) is 2.19. The number of nitrogens with one attached hydrogen (secondary N) is 1. The highest BCUT2D eigenvalue weighted by molar-refractivity contribution is 8.00. The maximum atomic E-state index is 3.60. The van der Waals surface area contributed by atoms with E-state index in [2.05, 4.69) is 17.1 Å². The Balaban J connectivity index is 1.93. The molecule has 58 valence electrons. The van der Waals surface area contributed by atoms with Crippen LogP contribution in [-0.4, -0.2) is 23.6 Å². The summed E-state index contributed by atoms with van der Waals surface area (Å²) in [6.45, 7) is 1.24. The molecule has 0 aromatic carbocycles. The van der Waals surface area contributed by atoms with Crippen LogP contribution in [0.1, 0.15) is 25.7 Å². The first-order valence-electron chi connectivity index (χ1n) is 4.32. The third kappa shape index (κ3) is 1.32. The van der Waals surface area contributed by atoms with Crippen LogP contribution in [0.4, 0.5) is 0 Å². The lowest BCUT2D eigenvalue weighted by atomic mass is 9.95. The summed E-state index contributed by atoms with van der Waals surface area (Å²) in [4.78, 5) is 0. The van der Waals surface area contributed by atoms with Crippen LogP contribution in [0.15, 0.2) is 0 Å². The molecule has 2 fully saturated rings. The van der Waals surface area contributed by atoms with Gasteiger partial charge in [-0.05, 0) is 12.8 Å². The third-order valence-corrected chi connectivity index (χ3v) is 3.98. The van der Waals surface area contributed by atoms with E-state index < -0.39 is 0 Å². The Morgan fingerprint density at radius 1 is 1.20 bits per heavy atom. The molecule has 1 heterocycles. The maximum absolute atomic E-state index is 3.60. The van der Waals surface area contributed by atoms with Gasteiger partial charge in [-0.25, -0.2) is 0 Å². The van der Waals surface area contributed by atoms with Crippen molar-refractivity contribution in [2.24, 2.45) is 0 Å². The van der Waals surface area contributed by atoms with Crippen molar-refractivity contribution in [2.75, 3.05) is 12.3 Å². The van der Waals surface area contributed by atoms with Crippen molar-refractivity contribution in [1.82, 2.24) is 5.32 Å². The summed E-state index contributed by atoms with van der Waals surface area (Å²) < 4.78 is 0. The van der Waals surface area contributed by atoms with E-state index in [9.17, 15) is 0 Å². The van der Waals surface area contributed by atoms with Crippen LogP contribution >= 0.6 is 11.8 Å². The third-order valence-electron chi connectivity index (χ3n) is 2.54. The van der Waals surface area contributed by atoms with Crippen molar-refractivity contribution in [1.29, 1.82) is 0 Å². The van der Waals surface area contributed by atoms with Gasteiger partial charge >= 0.3 is 0 Å². The predicted molar refractivity (Wildman–Crippen MR) is 46.5 cm³/mol. The lowest BCUT2D eigenvalue weighted by Gasteiger charge is -2.35. The van der Waals surface area contributed by atoms with Gasteiger partial charge in [0.25, 0.3) is 0 Å². The van der Waals surface area contributed by atoms with Crippen LogP contribution in [0.25, 0.3) is 0 Å². The van der Waals surface area contributed by atoms with E-state index in [4.69, 9.17) is 0 Å². The van der Waals surface area contributed by atoms with Gasteiger partial charge in [0.2, 0.25) is 0 Å². The number of thioether (sulfide) groups is 1. The summed E-state index contributed by atoms with van der Waals surface area (Å²) in [5.41, 5.74) is 0. The molecule has 1 saturated carbocycles. The number of rotatable bonds is 0. The summed E-state index contributed by atoms with van der Waals surface area (Å²) in [6, 6.07) is 0.868.